The van der Waals surface area contributed by atoms with Gasteiger partial charge in [-0.05, 0) is 42.2 Å². The molecule has 3 aromatic rings. The van der Waals surface area contributed by atoms with E-state index < -0.39 is 0 Å². The summed E-state index contributed by atoms with van der Waals surface area (Å²) in [7, 11) is 1.63. The molecule has 5 rings (SSSR count). The summed E-state index contributed by atoms with van der Waals surface area (Å²) >= 11 is 0. The zero-order valence-electron chi connectivity index (χ0n) is 16.4. The maximum Gasteiger partial charge on any atom is 0.258 e. The normalized spacial score (nSPS) is 16.4. The second-order valence-corrected chi connectivity index (χ2v) is 7.91. The lowest BCUT2D eigenvalue weighted by Crippen LogP contribution is -2.25. The molecule has 1 aromatic heterocycles. The highest BCUT2D eigenvalue weighted by molar-refractivity contribution is 6.03. The van der Waals surface area contributed by atoms with E-state index in [-0.39, 0.29) is 11.7 Å². The molecule has 0 atom stereocenters. The van der Waals surface area contributed by atoms with Crippen molar-refractivity contribution in [2.75, 3.05) is 12.4 Å². The summed E-state index contributed by atoms with van der Waals surface area (Å²) in [6.07, 6.45) is 4.72. The molecule has 1 aliphatic carbocycles. The number of hydrogen-bond acceptors (Lipinski definition) is 5. The van der Waals surface area contributed by atoms with Crippen LogP contribution in [-0.2, 0) is 13.1 Å². The van der Waals surface area contributed by atoms with E-state index in [1.807, 2.05) is 18.2 Å². The first-order valence-electron chi connectivity index (χ1n) is 10.0. The lowest BCUT2D eigenvalue weighted by molar-refractivity contribution is 0.0748. The summed E-state index contributed by atoms with van der Waals surface area (Å²) in [6.45, 7) is 1.02. The number of aromatic amines is 1. The Labute approximate surface area is 168 Å². The number of amides is 1. The number of benzene rings is 2. The zero-order chi connectivity index (χ0) is 20.0. The van der Waals surface area contributed by atoms with Gasteiger partial charge in [0, 0.05) is 30.6 Å². The van der Waals surface area contributed by atoms with Crippen LogP contribution >= 0.6 is 0 Å². The average Bonchev–Trinajstić information content (AvgIpc) is 3.46. The van der Waals surface area contributed by atoms with Crippen molar-refractivity contribution >= 4 is 22.6 Å². The number of H-pyrrole nitrogens is 1. The molecule has 0 unspecified atom stereocenters. The second-order valence-electron chi connectivity index (χ2n) is 7.91. The molecule has 1 aliphatic heterocycles. The average molecular weight is 392 g/mol. The number of carbonyl (C=O) groups is 1. The Morgan fingerprint density at radius 3 is 2.79 bits per heavy atom. The van der Waals surface area contributed by atoms with Gasteiger partial charge in [0.1, 0.15) is 11.5 Å². The van der Waals surface area contributed by atoms with E-state index in [0.29, 0.717) is 30.2 Å². The summed E-state index contributed by atoms with van der Waals surface area (Å²) in [5.41, 5.74) is 3.19. The van der Waals surface area contributed by atoms with Gasteiger partial charge in [-0.25, -0.2) is 0 Å². The van der Waals surface area contributed by atoms with Gasteiger partial charge in [0.05, 0.1) is 18.2 Å². The Kier molecular flexibility index (Phi) is 4.30. The standard InChI is InChI=1S/C22H24N4O3/c1-29-16-7-6-13-11-26(12-14(13)8-16)22(28)18-9-17-19(10-20(18)27)24-25-21(17)23-15-4-2-3-5-15/h6-10,15,27H,2-5,11-12H2,1H3,(H2,23,24,25). The number of phenols is 1. The number of aromatic nitrogens is 2. The van der Waals surface area contributed by atoms with Crippen molar-refractivity contribution in [1.29, 1.82) is 0 Å². The largest absolute Gasteiger partial charge is 0.507 e. The lowest BCUT2D eigenvalue weighted by Gasteiger charge is -2.17. The Morgan fingerprint density at radius 2 is 2.00 bits per heavy atom. The van der Waals surface area contributed by atoms with E-state index in [1.165, 1.54) is 12.8 Å². The highest BCUT2D eigenvalue weighted by Gasteiger charge is 2.27. The van der Waals surface area contributed by atoms with Gasteiger partial charge in [-0.15, -0.1) is 0 Å². The molecule has 150 valence electrons. The number of anilines is 1. The van der Waals surface area contributed by atoms with Crippen molar-refractivity contribution < 1.29 is 14.6 Å². The van der Waals surface area contributed by atoms with Crippen molar-refractivity contribution in [3.05, 3.63) is 47.0 Å². The van der Waals surface area contributed by atoms with Crippen molar-refractivity contribution in [3.63, 3.8) is 0 Å². The molecular weight excluding hydrogens is 368 g/mol. The number of hydrogen-bond donors (Lipinski definition) is 3. The summed E-state index contributed by atoms with van der Waals surface area (Å²) < 4.78 is 5.29. The van der Waals surface area contributed by atoms with E-state index in [0.717, 1.165) is 40.9 Å². The molecule has 1 fully saturated rings. The number of nitrogens with zero attached hydrogens (tertiary/aromatic N) is 2. The Morgan fingerprint density at radius 1 is 1.21 bits per heavy atom. The monoisotopic (exact) mass is 392 g/mol. The number of rotatable bonds is 4. The fourth-order valence-corrected chi connectivity index (χ4v) is 4.41. The molecule has 2 aliphatic rings. The first-order valence-corrected chi connectivity index (χ1v) is 10.0. The van der Waals surface area contributed by atoms with Crippen LogP contribution in [0.2, 0.25) is 0 Å². The molecule has 1 amide bonds. The van der Waals surface area contributed by atoms with Crippen molar-refractivity contribution in [2.45, 2.75) is 44.8 Å². The van der Waals surface area contributed by atoms with Crippen LogP contribution in [0.1, 0.15) is 47.2 Å². The van der Waals surface area contributed by atoms with Gasteiger partial charge in [-0.1, -0.05) is 18.9 Å². The molecule has 0 spiro atoms. The van der Waals surface area contributed by atoms with E-state index in [9.17, 15) is 9.90 Å². The molecule has 7 nitrogen and oxygen atoms in total. The molecule has 29 heavy (non-hydrogen) atoms. The topological polar surface area (TPSA) is 90.5 Å². The van der Waals surface area contributed by atoms with Gasteiger partial charge < -0.3 is 20.1 Å². The van der Waals surface area contributed by atoms with E-state index in [1.54, 1.807) is 24.1 Å². The van der Waals surface area contributed by atoms with Gasteiger partial charge >= 0.3 is 0 Å². The zero-order valence-corrected chi connectivity index (χ0v) is 16.4. The summed E-state index contributed by atoms with van der Waals surface area (Å²) in [6, 6.07) is 9.61. The van der Waals surface area contributed by atoms with Crippen molar-refractivity contribution in [2.24, 2.45) is 0 Å². The van der Waals surface area contributed by atoms with Crippen LogP contribution in [0.4, 0.5) is 5.82 Å². The third-order valence-corrected chi connectivity index (χ3v) is 6.03. The van der Waals surface area contributed by atoms with Gasteiger partial charge in [0.2, 0.25) is 0 Å². The number of fused-ring (bicyclic) bond motifs is 2. The second kappa shape index (κ2) is 6.99. The highest BCUT2D eigenvalue weighted by Crippen LogP contribution is 2.33. The minimum atomic E-state index is -0.187. The smallest absolute Gasteiger partial charge is 0.258 e. The van der Waals surface area contributed by atoms with Gasteiger partial charge in [0.25, 0.3) is 5.91 Å². The quantitative estimate of drug-likeness (QED) is 0.628. The third kappa shape index (κ3) is 3.16. The molecular formula is C22H24N4O3. The maximum atomic E-state index is 13.2. The lowest BCUT2D eigenvalue weighted by atomic mass is 10.1. The number of aromatic hydroxyl groups is 1. The Balaban J connectivity index is 1.43. The third-order valence-electron chi connectivity index (χ3n) is 6.03. The molecule has 0 radical (unpaired) electrons. The van der Waals surface area contributed by atoms with Crippen LogP contribution in [0.25, 0.3) is 10.9 Å². The van der Waals surface area contributed by atoms with E-state index in [2.05, 4.69) is 15.5 Å². The fraction of sp³-hybridized carbons (Fsp3) is 0.364. The van der Waals surface area contributed by atoms with E-state index in [4.69, 9.17) is 4.74 Å². The van der Waals surface area contributed by atoms with Gasteiger partial charge in [0.15, 0.2) is 5.82 Å². The summed E-state index contributed by atoms with van der Waals surface area (Å²) in [5, 5.41) is 22.1. The van der Waals surface area contributed by atoms with Gasteiger partial charge in [-0.3, -0.25) is 9.89 Å². The van der Waals surface area contributed by atoms with E-state index >= 15 is 0 Å². The minimum absolute atomic E-state index is 0.0351. The van der Waals surface area contributed by atoms with Crippen LogP contribution in [0, 0.1) is 0 Å². The maximum absolute atomic E-state index is 13.2. The molecule has 1 saturated carbocycles. The molecule has 7 heteroatoms. The fourth-order valence-electron chi connectivity index (χ4n) is 4.41. The molecule has 2 aromatic carbocycles. The Bertz CT molecular complexity index is 1090. The number of nitrogens with one attached hydrogen (secondary N) is 2. The molecule has 0 bridgehead atoms. The summed E-state index contributed by atoms with van der Waals surface area (Å²) in [4.78, 5) is 14.9. The minimum Gasteiger partial charge on any atom is -0.507 e. The molecule has 0 saturated heterocycles. The van der Waals surface area contributed by atoms with Crippen molar-refractivity contribution in [3.8, 4) is 11.5 Å². The highest BCUT2D eigenvalue weighted by atomic mass is 16.5. The predicted octanol–water partition coefficient (Wildman–Crippen LogP) is 3.79. The number of ether oxygens (including phenoxy) is 1. The number of carbonyl (C=O) groups excluding carboxylic acids is 1. The van der Waals surface area contributed by atoms with Crippen LogP contribution in [0.3, 0.4) is 0 Å². The van der Waals surface area contributed by atoms with Crippen LogP contribution < -0.4 is 10.1 Å². The SMILES string of the molecule is COc1ccc2c(c1)CN(C(=O)c1cc3c(NC4CCCC4)n[nH]c3cc1O)C2. The van der Waals surface area contributed by atoms with Crippen molar-refractivity contribution in [1.82, 2.24) is 15.1 Å². The molecule has 2 heterocycles. The van der Waals surface area contributed by atoms with Gasteiger partial charge in [-0.2, -0.15) is 5.10 Å². The number of methoxy groups -OCH3 is 1. The first kappa shape index (κ1) is 17.8. The molecule has 3 N–H and O–H groups in total. The van der Waals surface area contributed by atoms with Crippen LogP contribution in [-0.4, -0.2) is 39.3 Å². The Hall–Kier alpha value is -3.22. The summed E-state index contributed by atoms with van der Waals surface area (Å²) in [5.74, 6) is 1.30. The van der Waals surface area contributed by atoms with Crippen LogP contribution in [0.5, 0.6) is 11.5 Å². The number of phenolic OH excluding ortho intramolecular Hbond substituents is 1. The predicted molar refractivity (Wildman–Crippen MR) is 110 cm³/mol. The first-order chi connectivity index (χ1) is 14.1. The van der Waals surface area contributed by atoms with Crippen LogP contribution in [0.15, 0.2) is 30.3 Å².